The maximum atomic E-state index is 12.3. The third-order valence-electron chi connectivity index (χ3n) is 10.3. The number of rotatable bonds is 20. The molecule has 2 unspecified atom stereocenters. The summed E-state index contributed by atoms with van der Waals surface area (Å²) in [5.41, 5.74) is 9.72. The molecule has 0 aromatic rings. The van der Waals surface area contributed by atoms with Crippen LogP contribution in [0.3, 0.4) is 0 Å². The van der Waals surface area contributed by atoms with Gasteiger partial charge in [0, 0.05) is 53.1 Å². The Morgan fingerprint density at radius 1 is 0.571 bits per heavy atom. The fourth-order valence-electron chi connectivity index (χ4n) is 7.44. The van der Waals surface area contributed by atoms with E-state index in [1.54, 1.807) is 14.2 Å². The number of carbonyl (C=O) groups excluding carboxylic acids is 2. The summed E-state index contributed by atoms with van der Waals surface area (Å²) in [5.74, 6) is -0.271. The van der Waals surface area contributed by atoms with E-state index in [1.165, 1.54) is 33.4 Å². The van der Waals surface area contributed by atoms with E-state index in [0.29, 0.717) is 38.9 Å². The number of esters is 2. The van der Waals surface area contributed by atoms with Crippen LogP contribution in [-0.2, 0) is 28.5 Å². The lowest BCUT2D eigenvalue weighted by atomic mass is 9.71. The molecule has 0 saturated heterocycles. The normalized spacial score (nSPS) is 21.5. The molecule has 2 aliphatic rings. The second-order valence-electron chi connectivity index (χ2n) is 16.8. The SMILES string of the molecule is COCCCC(=O)OC1CC(C)=C(/C=C/C(C)=C/C=C/C(C)=C/C=C/C=C(C)/C=C/C=C(C)/C=C/C2=C(C)CC(OC(=O)CCCOC)CC2(C)C)C(C)(C)C1. The van der Waals surface area contributed by atoms with Crippen LogP contribution in [0.5, 0.6) is 0 Å². The molecule has 0 heterocycles. The predicted octanol–water partition coefficient (Wildman–Crippen LogP) is 12.5. The summed E-state index contributed by atoms with van der Waals surface area (Å²) < 4.78 is 21.7. The maximum absolute atomic E-state index is 12.3. The smallest absolute Gasteiger partial charge is 0.306 e. The van der Waals surface area contributed by atoms with Crippen molar-refractivity contribution in [3.8, 4) is 0 Å². The summed E-state index contributed by atoms with van der Waals surface area (Å²) >= 11 is 0. The fraction of sp³-hybridized carbons (Fsp3) is 0.520. The van der Waals surface area contributed by atoms with Crippen molar-refractivity contribution in [2.45, 2.75) is 133 Å². The summed E-state index contributed by atoms with van der Waals surface area (Å²) in [5, 5.41) is 0. The van der Waals surface area contributed by atoms with Crippen molar-refractivity contribution < 1.29 is 28.5 Å². The molecule has 6 heteroatoms. The Morgan fingerprint density at radius 2 is 0.911 bits per heavy atom. The van der Waals surface area contributed by atoms with Crippen molar-refractivity contribution in [3.05, 3.63) is 130 Å². The van der Waals surface area contributed by atoms with Crippen molar-refractivity contribution >= 4 is 11.9 Å². The van der Waals surface area contributed by atoms with Gasteiger partial charge in [-0.3, -0.25) is 9.59 Å². The monoisotopic (exact) mass is 769 g/mol. The van der Waals surface area contributed by atoms with Crippen molar-refractivity contribution in [1.29, 1.82) is 0 Å². The van der Waals surface area contributed by atoms with Crippen molar-refractivity contribution in [1.82, 2.24) is 0 Å². The summed E-state index contributed by atoms with van der Waals surface area (Å²) in [7, 11) is 3.29. The zero-order chi connectivity index (χ0) is 41.7. The Balaban J connectivity index is 1.90. The lowest BCUT2D eigenvalue weighted by molar-refractivity contribution is -0.152. The number of ether oxygens (including phenoxy) is 4. The molecule has 2 aliphatic carbocycles. The van der Waals surface area contributed by atoms with E-state index in [4.69, 9.17) is 18.9 Å². The maximum Gasteiger partial charge on any atom is 0.306 e. The highest BCUT2D eigenvalue weighted by Crippen LogP contribution is 2.43. The average molecular weight is 769 g/mol. The molecule has 6 nitrogen and oxygen atoms in total. The first-order chi connectivity index (χ1) is 26.5. The first kappa shape index (κ1) is 48.1. The van der Waals surface area contributed by atoms with E-state index in [-0.39, 0.29) is 35.0 Å². The second-order valence-corrected chi connectivity index (χ2v) is 16.8. The standard InChI is InChI=1S/C50H72O6/c1-37(21-15-23-39(3)27-29-45-41(5)33-43(35-49(45,7)8)55-47(51)25-17-31-53-11)19-13-14-20-38(2)22-16-24-40(4)28-30-46-42(6)34-44(36-50(46,9)10)56-48(52)26-18-32-54-12/h13-16,19-24,27-30,43-44H,17-18,25-26,31-36H2,1-12H3/b14-13+,21-15+,22-16+,29-27+,30-28+,37-19+,38-20+,39-23+,40-24+. The average Bonchev–Trinajstić information content (AvgIpc) is 3.09. The molecule has 0 aromatic heterocycles. The third kappa shape index (κ3) is 18.3. The molecule has 0 spiro atoms. The number of hydrogen-bond donors (Lipinski definition) is 0. The topological polar surface area (TPSA) is 71.1 Å². The molecule has 0 aliphatic heterocycles. The van der Waals surface area contributed by atoms with Gasteiger partial charge in [0.25, 0.3) is 0 Å². The van der Waals surface area contributed by atoms with Gasteiger partial charge in [-0.05, 0) is 89.2 Å². The number of hydrogen-bond acceptors (Lipinski definition) is 6. The van der Waals surface area contributed by atoms with Gasteiger partial charge in [-0.1, -0.05) is 146 Å². The zero-order valence-electron chi connectivity index (χ0n) is 36.8. The van der Waals surface area contributed by atoms with E-state index >= 15 is 0 Å². The van der Waals surface area contributed by atoms with Crippen molar-refractivity contribution in [2.75, 3.05) is 27.4 Å². The van der Waals surface area contributed by atoms with Gasteiger partial charge in [-0.15, -0.1) is 0 Å². The van der Waals surface area contributed by atoms with E-state index in [0.717, 1.165) is 36.8 Å². The van der Waals surface area contributed by atoms with Gasteiger partial charge < -0.3 is 18.9 Å². The van der Waals surface area contributed by atoms with Gasteiger partial charge in [0.15, 0.2) is 0 Å². The molecule has 0 fully saturated rings. The summed E-state index contributed by atoms with van der Waals surface area (Å²) in [4.78, 5) is 24.5. The van der Waals surface area contributed by atoms with Crippen molar-refractivity contribution in [3.63, 3.8) is 0 Å². The van der Waals surface area contributed by atoms with Crippen LogP contribution in [0.15, 0.2) is 130 Å². The Labute approximate surface area is 340 Å². The van der Waals surface area contributed by atoms with E-state index in [1.807, 2.05) is 0 Å². The van der Waals surface area contributed by atoms with Crippen LogP contribution in [0.25, 0.3) is 0 Å². The number of allylic oxidation sites excluding steroid dienone is 20. The van der Waals surface area contributed by atoms with Crippen LogP contribution >= 0.6 is 0 Å². The van der Waals surface area contributed by atoms with Gasteiger partial charge in [-0.25, -0.2) is 0 Å². The fourth-order valence-corrected chi connectivity index (χ4v) is 7.44. The Bertz CT molecular complexity index is 1540. The van der Waals surface area contributed by atoms with Crippen LogP contribution in [0.2, 0.25) is 0 Å². The molecule has 0 bridgehead atoms. The predicted molar refractivity (Wildman–Crippen MR) is 234 cm³/mol. The molecular weight excluding hydrogens is 697 g/mol. The van der Waals surface area contributed by atoms with Gasteiger partial charge in [0.1, 0.15) is 12.2 Å². The Kier molecular flexibility index (Phi) is 21.1. The molecule has 308 valence electrons. The second kappa shape index (κ2) is 24.6. The minimum atomic E-state index is -0.136. The minimum Gasteiger partial charge on any atom is -0.462 e. The minimum absolute atomic E-state index is 0.0746. The van der Waals surface area contributed by atoms with Gasteiger partial charge in [-0.2, -0.15) is 0 Å². The number of methoxy groups -OCH3 is 2. The lowest BCUT2D eigenvalue weighted by Gasteiger charge is -2.37. The van der Waals surface area contributed by atoms with Crippen LogP contribution < -0.4 is 0 Å². The molecular formula is C50H72O6. The highest BCUT2D eigenvalue weighted by molar-refractivity contribution is 5.70. The molecule has 0 saturated carbocycles. The summed E-state index contributed by atoms with van der Waals surface area (Å²) in [6, 6.07) is 0. The zero-order valence-corrected chi connectivity index (χ0v) is 36.8. The molecule has 56 heavy (non-hydrogen) atoms. The molecule has 2 atom stereocenters. The Morgan fingerprint density at radius 3 is 1.25 bits per heavy atom. The third-order valence-corrected chi connectivity index (χ3v) is 10.3. The molecule has 0 aromatic carbocycles. The van der Waals surface area contributed by atoms with Gasteiger partial charge in [0.05, 0.1) is 0 Å². The molecule has 2 rings (SSSR count). The van der Waals surface area contributed by atoms with Crippen LogP contribution in [0.1, 0.15) is 121 Å². The van der Waals surface area contributed by atoms with Gasteiger partial charge >= 0.3 is 11.9 Å². The van der Waals surface area contributed by atoms with Crippen molar-refractivity contribution in [2.24, 2.45) is 10.8 Å². The van der Waals surface area contributed by atoms with E-state index in [2.05, 4.69) is 154 Å². The van der Waals surface area contributed by atoms with E-state index < -0.39 is 0 Å². The van der Waals surface area contributed by atoms with E-state index in [9.17, 15) is 9.59 Å². The molecule has 0 amide bonds. The van der Waals surface area contributed by atoms with Crippen LogP contribution in [-0.4, -0.2) is 51.6 Å². The highest BCUT2D eigenvalue weighted by atomic mass is 16.5. The number of carbonyl (C=O) groups is 2. The van der Waals surface area contributed by atoms with Crippen LogP contribution in [0.4, 0.5) is 0 Å². The summed E-state index contributed by atoms with van der Waals surface area (Å²) in [6.07, 6.45) is 35.0. The summed E-state index contributed by atoms with van der Waals surface area (Å²) in [6.45, 7) is 22.8. The quantitative estimate of drug-likeness (QED) is 0.0698. The highest BCUT2D eigenvalue weighted by Gasteiger charge is 2.35. The van der Waals surface area contributed by atoms with Gasteiger partial charge in [0.2, 0.25) is 0 Å². The first-order valence-electron chi connectivity index (χ1n) is 20.3. The first-order valence-corrected chi connectivity index (χ1v) is 20.3. The molecule has 0 N–H and O–H groups in total. The lowest BCUT2D eigenvalue weighted by Crippen LogP contribution is -2.31. The largest absolute Gasteiger partial charge is 0.462 e. The molecule has 0 radical (unpaired) electrons. The Hall–Kier alpha value is -4.00. The van der Waals surface area contributed by atoms with Crippen LogP contribution in [0, 0.1) is 10.8 Å².